The normalized spacial score (nSPS) is 18.5. The van der Waals surface area contributed by atoms with E-state index in [0.717, 1.165) is 13.1 Å². The van der Waals surface area contributed by atoms with E-state index in [9.17, 15) is 8.78 Å². The van der Waals surface area contributed by atoms with E-state index in [1.165, 1.54) is 0 Å². The molecule has 0 spiro atoms. The van der Waals surface area contributed by atoms with Crippen LogP contribution in [0, 0.1) is 0 Å². The zero-order chi connectivity index (χ0) is 13.7. The SMILES string of the molecule is CCOc1cccc([C@@H](C(F)F)N2CCNCC2)c1. The molecule has 1 aromatic rings. The van der Waals surface area contributed by atoms with E-state index in [0.29, 0.717) is 31.0 Å². The van der Waals surface area contributed by atoms with Gasteiger partial charge in [0.05, 0.1) is 12.6 Å². The van der Waals surface area contributed by atoms with Crippen LogP contribution in [0.25, 0.3) is 0 Å². The van der Waals surface area contributed by atoms with Crippen LogP contribution in [0.4, 0.5) is 8.78 Å². The molecule has 19 heavy (non-hydrogen) atoms. The summed E-state index contributed by atoms with van der Waals surface area (Å²) in [6, 6.07) is 6.21. The molecule has 1 aliphatic rings. The van der Waals surface area contributed by atoms with Crippen molar-refractivity contribution in [2.45, 2.75) is 19.4 Å². The highest BCUT2D eigenvalue weighted by atomic mass is 19.3. The van der Waals surface area contributed by atoms with Gasteiger partial charge in [0.2, 0.25) is 0 Å². The van der Waals surface area contributed by atoms with E-state index in [1.54, 1.807) is 24.3 Å². The lowest BCUT2D eigenvalue weighted by Gasteiger charge is -2.34. The maximum Gasteiger partial charge on any atom is 0.258 e. The number of rotatable bonds is 5. The summed E-state index contributed by atoms with van der Waals surface area (Å²) in [7, 11) is 0. The molecule has 0 unspecified atom stereocenters. The third kappa shape index (κ3) is 3.64. The summed E-state index contributed by atoms with van der Waals surface area (Å²) >= 11 is 0. The maximum atomic E-state index is 13.4. The summed E-state index contributed by atoms with van der Waals surface area (Å²) in [5.74, 6) is 0.654. The van der Waals surface area contributed by atoms with Crippen molar-refractivity contribution >= 4 is 0 Å². The van der Waals surface area contributed by atoms with Gasteiger partial charge in [-0.1, -0.05) is 12.1 Å². The van der Waals surface area contributed by atoms with Gasteiger partial charge in [-0.15, -0.1) is 0 Å². The van der Waals surface area contributed by atoms with Crippen LogP contribution in [0.1, 0.15) is 18.5 Å². The summed E-state index contributed by atoms with van der Waals surface area (Å²) in [6.45, 7) is 5.23. The van der Waals surface area contributed by atoms with Gasteiger partial charge in [-0.2, -0.15) is 0 Å². The number of hydrogen-bond acceptors (Lipinski definition) is 3. The quantitative estimate of drug-likeness (QED) is 0.888. The van der Waals surface area contributed by atoms with Gasteiger partial charge >= 0.3 is 0 Å². The van der Waals surface area contributed by atoms with Gasteiger partial charge in [-0.3, -0.25) is 4.90 Å². The van der Waals surface area contributed by atoms with Crippen LogP contribution in [-0.4, -0.2) is 44.1 Å². The lowest BCUT2D eigenvalue weighted by atomic mass is 10.0. The second-order valence-electron chi connectivity index (χ2n) is 4.57. The highest BCUT2D eigenvalue weighted by Gasteiger charge is 2.30. The first-order chi connectivity index (χ1) is 9.22. The van der Waals surface area contributed by atoms with Gasteiger partial charge < -0.3 is 10.1 Å². The van der Waals surface area contributed by atoms with Gasteiger partial charge in [0.1, 0.15) is 5.75 Å². The Labute approximate surface area is 112 Å². The Morgan fingerprint density at radius 1 is 1.32 bits per heavy atom. The molecule has 5 heteroatoms. The van der Waals surface area contributed by atoms with E-state index in [2.05, 4.69) is 5.32 Å². The average Bonchev–Trinajstić information content (AvgIpc) is 2.40. The zero-order valence-corrected chi connectivity index (χ0v) is 11.1. The second-order valence-corrected chi connectivity index (χ2v) is 4.57. The van der Waals surface area contributed by atoms with Gasteiger partial charge in [0.15, 0.2) is 0 Å². The fourth-order valence-electron chi connectivity index (χ4n) is 2.43. The Morgan fingerprint density at radius 2 is 2.05 bits per heavy atom. The largest absolute Gasteiger partial charge is 0.494 e. The number of halogens is 2. The Hall–Kier alpha value is -1.20. The molecule has 0 radical (unpaired) electrons. The van der Waals surface area contributed by atoms with Gasteiger partial charge in [0.25, 0.3) is 6.43 Å². The fourth-order valence-corrected chi connectivity index (χ4v) is 2.43. The first-order valence-electron chi connectivity index (χ1n) is 6.68. The molecule has 0 aromatic heterocycles. The molecule has 1 N–H and O–H groups in total. The van der Waals surface area contributed by atoms with Crippen LogP contribution < -0.4 is 10.1 Å². The van der Waals surface area contributed by atoms with Crippen LogP contribution >= 0.6 is 0 Å². The Morgan fingerprint density at radius 3 is 2.68 bits per heavy atom. The third-order valence-corrected chi connectivity index (χ3v) is 3.29. The van der Waals surface area contributed by atoms with Crippen LogP contribution in [0.2, 0.25) is 0 Å². The molecular formula is C14H20F2N2O. The highest BCUT2D eigenvalue weighted by Crippen LogP contribution is 2.30. The maximum absolute atomic E-state index is 13.4. The molecule has 3 nitrogen and oxygen atoms in total. The van der Waals surface area contributed by atoms with E-state index < -0.39 is 12.5 Å². The second kappa shape index (κ2) is 6.82. The van der Waals surface area contributed by atoms with E-state index in [1.807, 2.05) is 11.8 Å². The van der Waals surface area contributed by atoms with Crippen molar-refractivity contribution in [3.63, 3.8) is 0 Å². The standard InChI is InChI=1S/C14H20F2N2O/c1-2-19-12-5-3-4-11(10-12)13(14(15)16)18-8-6-17-7-9-18/h3-5,10,13-14,17H,2,6-9H2,1H3/t13-/m0/s1. The van der Waals surface area contributed by atoms with Gasteiger partial charge in [-0.25, -0.2) is 8.78 Å². The highest BCUT2D eigenvalue weighted by molar-refractivity contribution is 5.31. The molecule has 0 amide bonds. The molecule has 1 saturated heterocycles. The average molecular weight is 270 g/mol. The van der Waals surface area contributed by atoms with Crippen LogP contribution in [-0.2, 0) is 0 Å². The molecule has 0 bridgehead atoms. The summed E-state index contributed by atoms with van der Waals surface area (Å²) in [4.78, 5) is 1.84. The molecule has 1 fully saturated rings. The third-order valence-electron chi connectivity index (χ3n) is 3.29. The number of alkyl halides is 2. The van der Waals surface area contributed by atoms with Crippen molar-refractivity contribution in [2.75, 3.05) is 32.8 Å². The van der Waals surface area contributed by atoms with Crippen molar-refractivity contribution in [3.8, 4) is 5.75 Å². The summed E-state index contributed by atoms with van der Waals surface area (Å²) in [5, 5.41) is 3.18. The van der Waals surface area contributed by atoms with Crippen molar-refractivity contribution in [3.05, 3.63) is 29.8 Å². The first-order valence-corrected chi connectivity index (χ1v) is 6.68. The van der Waals surface area contributed by atoms with Crippen molar-refractivity contribution in [1.82, 2.24) is 10.2 Å². The number of hydrogen-bond donors (Lipinski definition) is 1. The summed E-state index contributed by atoms with van der Waals surface area (Å²) in [6.07, 6.45) is -2.39. The summed E-state index contributed by atoms with van der Waals surface area (Å²) in [5.41, 5.74) is 0.628. The zero-order valence-electron chi connectivity index (χ0n) is 11.1. The predicted octanol–water partition coefficient (Wildman–Crippen LogP) is 2.30. The molecule has 1 aromatic carbocycles. The van der Waals surface area contributed by atoms with E-state index in [-0.39, 0.29) is 0 Å². The monoisotopic (exact) mass is 270 g/mol. The molecule has 106 valence electrons. The van der Waals surface area contributed by atoms with E-state index in [4.69, 9.17) is 4.74 Å². The van der Waals surface area contributed by atoms with Crippen molar-refractivity contribution < 1.29 is 13.5 Å². The first kappa shape index (κ1) is 14.2. The number of benzene rings is 1. The minimum atomic E-state index is -2.39. The smallest absolute Gasteiger partial charge is 0.258 e. The van der Waals surface area contributed by atoms with Gasteiger partial charge in [0, 0.05) is 26.2 Å². The van der Waals surface area contributed by atoms with E-state index >= 15 is 0 Å². The topological polar surface area (TPSA) is 24.5 Å². The molecule has 1 atom stereocenters. The van der Waals surface area contributed by atoms with Crippen LogP contribution in [0.15, 0.2) is 24.3 Å². The minimum absolute atomic E-state index is 0.538. The van der Waals surface area contributed by atoms with Crippen molar-refractivity contribution in [2.24, 2.45) is 0 Å². The van der Waals surface area contributed by atoms with Crippen LogP contribution in [0.5, 0.6) is 5.75 Å². The van der Waals surface area contributed by atoms with Crippen molar-refractivity contribution in [1.29, 1.82) is 0 Å². The number of nitrogens with zero attached hydrogens (tertiary/aromatic N) is 1. The molecule has 2 rings (SSSR count). The molecular weight excluding hydrogens is 250 g/mol. The lowest BCUT2D eigenvalue weighted by molar-refractivity contribution is 0.0181. The Bertz CT molecular complexity index is 395. The van der Waals surface area contributed by atoms with Crippen LogP contribution in [0.3, 0.4) is 0 Å². The minimum Gasteiger partial charge on any atom is -0.494 e. The number of piperazine rings is 1. The summed E-state index contributed by atoms with van der Waals surface area (Å²) < 4.78 is 32.2. The molecule has 1 heterocycles. The fraction of sp³-hybridized carbons (Fsp3) is 0.571. The van der Waals surface area contributed by atoms with Gasteiger partial charge in [-0.05, 0) is 24.6 Å². The number of ether oxygens (including phenoxy) is 1. The molecule has 0 saturated carbocycles. The number of nitrogens with one attached hydrogen (secondary N) is 1. The molecule has 0 aliphatic carbocycles. The lowest BCUT2D eigenvalue weighted by Crippen LogP contribution is -2.46. The Kier molecular flexibility index (Phi) is 5.10. The molecule has 1 aliphatic heterocycles. The Balaban J connectivity index is 2.20. The predicted molar refractivity (Wildman–Crippen MR) is 70.8 cm³/mol.